The third-order valence-corrected chi connectivity index (χ3v) is 17.2. The summed E-state index contributed by atoms with van der Waals surface area (Å²) < 4.78 is 44.7. The van der Waals surface area contributed by atoms with Gasteiger partial charge in [-0.3, -0.25) is 9.69 Å². The van der Waals surface area contributed by atoms with E-state index in [0.29, 0.717) is 13.1 Å². The molecule has 67 heavy (non-hydrogen) atoms. The predicted molar refractivity (Wildman–Crippen MR) is 250 cm³/mol. The molecule has 0 radical (unpaired) electrons. The number of unbranched alkanes of at least 4 members (excludes halogenated alkanes) is 12. The molecule has 0 aromatic heterocycles. The molecule has 6 fully saturated rings. The molecule has 7 rings (SSSR count). The molecule has 7 bridgehead atoms. The zero-order valence-electron chi connectivity index (χ0n) is 41.1. The number of aliphatic hydroxyl groups is 3. The van der Waals surface area contributed by atoms with E-state index in [0.717, 1.165) is 19.3 Å². The van der Waals surface area contributed by atoms with Gasteiger partial charge in [0, 0.05) is 89.5 Å². The summed E-state index contributed by atoms with van der Waals surface area (Å²) in [4.78, 5) is 43.9. The normalized spacial score (nSPS) is 39.3. The Morgan fingerprint density at radius 1 is 0.791 bits per heavy atom. The first-order valence-corrected chi connectivity index (χ1v) is 25.2. The molecule has 5 aliphatic carbocycles. The molecule has 1 saturated heterocycles. The van der Waals surface area contributed by atoms with Crippen LogP contribution in [-0.4, -0.2) is 146 Å². The van der Waals surface area contributed by atoms with E-state index in [4.69, 9.17) is 33.2 Å². The highest BCUT2D eigenvalue weighted by Crippen LogP contribution is 2.82. The monoisotopic (exact) mass is 938 g/mol. The highest BCUT2D eigenvalue weighted by molar-refractivity contribution is 5.89. The second kappa shape index (κ2) is 21.4. The van der Waals surface area contributed by atoms with E-state index in [2.05, 4.69) is 11.8 Å². The van der Waals surface area contributed by atoms with Crippen molar-refractivity contribution < 1.29 is 62.9 Å². The van der Waals surface area contributed by atoms with Crippen LogP contribution in [0.15, 0.2) is 54.6 Å². The maximum atomic E-state index is 14.6. The lowest BCUT2D eigenvalue weighted by atomic mass is 9.40. The summed E-state index contributed by atoms with van der Waals surface area (Å²) in [6.45, 7) is 6.44. The zero-order chi connectivity index (χ0) is 48.2. The van der Waals surface area contributed by atoms with Crippen molar-refractivity contribution in [2.75, 3.05) is 48.1 Å². The standard InChI is InChI=1S/C53H79NO13/c1-8-10-11-12-13-14-15-16-17-18-19-20-21-22-23-27-30-39(56)67-53-40-41(63-6)42-49(34-61-4)33-54(9-2)44(40)52(42,38(62-5)31-37(49)65-35(3)55)51(60)32-50(59,47(64-7)45(53)57)46(43(51)53)66-48(58)36-28-25-24-26-29-36/h22-30,37-38,40-47,57,59-60H,8-21,31-34H2,1-7H3/b23-22+,30-27+/t37-,38+,40+,41+,42-,43+,44?,45+,46-,47+,49+,50-,51+,52-,53+/m1/s1. The molecule has 374 valence electrons. The van der Waals surface area contributed by atoms with Crippen LogP contribution in [0.25, 0.3) is 0 Å². The number of benzene rings is 1. The third kappa shape index (κ3) is 8.44. The summed E-state index contributed by atoms with van der Waals surface area (Å²) in [5.74, 6) is -5.17. The molecular weight excluding hydrogens is 859 g/mol. The Labute approximate surface area is 398 Å². The highest BCUT2D eigenvalue weighted by Gasteiger charge is 2.96. The van der Waals surface area contributed by atoms with Crippen molar-refractivity contribution in [3.8, 4) is 0 Å². The minimum atomic E-state index is -2.19. The topological polar surface area (TPSA) is 180 Å². The number of esters is 3. The van der Waals surface area contributed by atoms with Crippen LogP contribution in [0.4, 0.5) is 0 Å². The number of hydrogen-bond donors (Lipinski definition) is 3. The number of carbonyl (C=O) groups is 3. The predicted octanol–water partition coefficient (Wildman–Crippen LogP) is 6.52. The quantitative estimate of drug-likeness (QED) is 0.0317. The number of fused-ring (bicyclic) bond motifs is 2. The zero-order valence-corrected chi connectivity index (χ0v) is 41.1. The van der Waals surface area contributed by atoms with Crippen LogP contribution in [-0.2, 0) is 42.7 Å². The molecule has 1 spiro atoms. The lowest BCUT2D eigenvalue weighted by molar-refractivity contribution is -0.354. The van der Waals surface area contributed by atoms with E-state index in [9.17, 15) is 29.7 Å². The number of methoxy groups -OCH3 is 4. The number of nitrogens with zero attached hydrogens (tertiary/aromatic N) is 1. The second-order valence-corrected chi connectivity index (χ2v) is 20.5. The maximum absolute atomic E-state index is 14.6. The molecule has 1 aromatic rings. The van der Waals surface area contributed by atoms with E-state index >= 15 is 0 Å². The SMILES string of the molecule is CCCCCCCCCCCCCC/C=C/C=C/C(=O)O[C@@]12[C@@H]3C4N(CC)C[C@@]5(COC)[C@@H]([C@H]3OC)[C@@]4([C@@H](OC)C[C@H]5OC(C)=O)[C@]3(O)C[C@@](O)([C@H](OC(=O)c4ccccc4)[C@H]13)[C@@H](OC)[C@@H]2O. The molecule has 14 heteroatoms. The molecule has 1 aliphatic heterocycles. The van der Waals surface area contributed by atoms with Gasteiger partial charge in [0.1, 0.15) is 30.0 Å². The van der Waals surface area contributed by atoms with E-state index in [1.165, 1.54) is 84.3 Å². The summed E-state index contributed by atoms with van der Waals surface area (Å²) in [7, 11) is 6.01. The van der Waals surface area contributed by atoms with Crippen LogP contribution in [0.5, 0.6) is 0 Å². The fourth-order valence-electron chi connectivity index (χ4n) is 15.1. The van der Waals surface area contributed by atoms with Gasteiger partial charge in [-0.25, -0.2) is 9.59 Å². The summed E-state index contributed by atoms with van der Waals surface area (Å²) in [5.41, 5.74) is -8.59. The fraction of sp³-hybridized carbons (Fsp3) is 0.755. The Kier molecular flexibility index (Phi) is 16.5. The average Bonchev–Trinajstić information content (AvgIpc) is 3.66. The number of likely N-dealkylation sites (tertiary alicyclic amines) is 1. The molecular formula is C53H79NO13. The summed E-state index contributed by atoms with van der Waals surface area (Å²) in [6, 6.07) is 7.62. The molecule has 5 saturated carbocycles. The number of aliphatic hydroxyl groups excluding tert-OH is 1. The minimum Gasteiger partial charge on any atom is -0.462 e. The van der Waals surface area contributed by atoms with Crippen LogP contribution in [0.1, 0.15) is 127 Å². The van der Waals surface area contributed by atoms with Crippen molar-refractivity contribution >= 4 is 17.9 Å². The Morgan fingerprint density at radius 2 is 1.45 bits per heavy atom. The van der Waals surface area contributed by atoms with E-state index in [-0.39, 0.29) is 18.6 Å². The van der Waals surface area contributed by atoms with Crippen molar-refractivity contribution in [1.29, 1.82) is 0 Å². The average molecular weight is 938 g/mol. The largest absolute Gasteiger partial charge is 0.462 e. The van der Waals surface area contributed by atoms with Crippen molar-refractivity contribution in [2.45, 2.75) is 177 Å². The van der Waals surface area contributed by atoms with E-state index in [1.54, 1.807) is 57.7 Å². The number of piperidine rings is 1. The summed E-state index contributed by atoms with van der Waals surface area (Å²) in [5, 5.41) is 40.6. The molecule has 3 N–H and O–H groups in total. The smallest absolute Gasteiger partial charge is 0.338 e. The lowest BCUT2D eigenvalue weighted by Gasteiger charge is -2.72. The van der Waals surface area contributed by atoms with Gasteiger partial charge in [-0.05, 0) is 31.5 Å². The maximum Gasteiger partial charge on any atom is 0.338 e. The molecule has 14 nitrogen and oxygen atoms in total. The first kappa shape index (κ1) is 51.6. The highest BCUT2D eigenvalue weighted by atomic mass is 16.6. The first-order valence-electron chi connectivity index (χ1n) is 25.2. The number of hydrogen-bond acceptors (Lipinski definition) is 14. The fourth-order valence-corrected chi connectivity index (χ4v) is 15.1. The van der Waals surface area contributed by atoms with Crippen molar-refractivity contribution in [3.05, 3.63) is 60.2 Å². The van der Waals surface area contributed by atoms with Gasteiger partial charge in [0.25, 0.3) is 0 Å². The Balaban J connectivity index is 1.25. The first-order chi connectivity index (χ1) is 32.3. The molecule has 1 unspecified atom stereocenters. The third-order valence-electron chi connectivity index (χ3n) is 17.2. The van der Waals surface area contributed by atoms with Crippen LogP contribution in [0, 0.1) is 28.6 Å². The van der Waals surface area contributed by atoms with Gasteiger partial charge in [0.15, 0.2) is 5.60 Å². The lowest BCUT2D eigenvalue weighted by Crippen LogP contribution is -2.86. The Morgan fingerprint density at radius 3 is 2.03 bits per heavy atom. The van der Waals surface area contributed by atoms with Gasteiger partial charge in [0.2, 0.25) is 0 Å². The summed E-state index contributed by atoms with van der Waals surface area (Å²) >= 11 is 0. The molecule has 1 heterocycles. The van der Waals surface area contributed by atoms with Crippen molar-refractivity contribution in [2.24, 2.45) is 28.6 Å². The summed E-state index contributed by atoms with van der Waals surface area (Å²) in [6.07, 6.45) is 15.2. The van der Waals surface area contributed by atoms with Crippen molar-refractivity contribution in [1.82, 2.24) is 4.90 Å². The molecule has 15 atom stereocenters. The second-order valence-electron chi connectivity index (χ2n) is 20.5. The van der Waals surface area contributed by atoms with Crippen LogP contribution in [0.2, 0.25) is 0 Å². The van der Waals surface area contributed by atoms with Crippen LogP contribution in [0.3, 0.4) is 0 Å². The van der Waals surface area contributed by atoms with Gasteiger partial charge < -0.3 is 48.5 Å². The van der Waals surface area contributed by atoms with Gasteiger partial charge >= 0.3 is 17.9 Å². The molecule has 0 amide bonds. The number of carbonyl (C=O) groups excluding carboxylic acids is 3. The van der Waals surface area contributed by atoms with E-state index < -0.39 is 112 Å². The van der Waals surface area contributed by atoms with Gasteiger partial charge in [-0.1, -0.05) is 121 Å². The van der Waals surface area contributed by atoms with Crippen molar-refractivity contribution in [3.63, 3.8) is 0 Å². The Bertz CT molecular complexity index is 1910. The van der Waals surface area contributed by atoms with Crippen LogP contribution >= 0.6 is 0 Å². The Hall–Kier alpha value is -3.21. The van der Waals surface area contributed by atoms with Crippen LogP contribution < -0.4 is 0 Å². The molecule has 6 aliphatic rings. The van der Waals surface area contributed by atoms with E-state index in [1.807, 2.05) is 19.1 Å². The van der Waals surface area contributed by atoms with Gasteiger partial charge in [-0.15, -0.1) is 0 Å². The number of allylic oxidation sites excluding steroid dienone is 3. The van der Waals surface area contributed by atoms with Gasteiger partial charge in [0.05, 0.1) is 35.9 Å². The van der Waals surface area contributed by atoms with Gasteiger partial charge in [-0.2, -0.15) is 0 Å². The molecule has 1 aromatic carbocycles. The number of ether oxygens (including phenoxy) is 7. The number of rotatable bonds is 25. The minimum absolute atomic E-state index is 0.0887.